The van der Waals surface area contributed by atoms with Crippen molar-refractivity contribution in [2.24, 2.45) is 5.92 Å². The summed E-state index contributed by atoms with van der Waals surface area (Å²) in [6, 6.07) is 10.2. The molecule has 0 spiro atoms. The smallest absolute Gasteiger partial charge is 0.272 e. The first kappa shape index (κ1) is 15.9. The number of aromatic amines is 1. The van der Waals surface area contributed by atoms with E-state index in [2.05, 4.69) is 25.8 Å². The van der Waals surface area contributed by atoms with Gasteiger partial charge in [-0.15, -0.1) is 5.10 Å². The molecule has 0 aliphatic heterocycles. The van der Waals surface area contributed by atoms with Crippen molar-refractivity contribution in [1.29, 1.82) is 0 Å². The third-order valence-corrected chi connectivity index (χ3v) is 3.82. The van der Waals surface area contributed by atoms with Crippen LogP contribution in [0.4, 0.5) is 0 Å². The third kappa shape index (κ3) is 3.32. The first-order valence-electron chi connectivity index (χ1n) is 7.69. The predicted octanol–water partition coefficient (Wildman–Crippen LogP) is 0.969. The van der Waals surface area contributed by atoms with E-state index in [1.54, 1.807) is 4.68 Å². The summed E-state index contributed by atoms with van der Waals surface area (Å²) in [6.45, 7) is 4.53. The Morgan fingerprint density at radius 1 is 1.25 bits per heavy atom. The number of hydrogen-bond donors (Lipinski definition) is 2. The molecular weight excluding hydrogens is 308 g/mol. The number of rotatable bonds is 5. The molecule has 24 heavy (non-hydrogen) atoms. The summed E-state index contributed by atoms with van der Waals surface area (Å²) in [7, 11) is 0. The predicted molar refractivity (Wildman–Crippen MR) is 88.5 cm³/mol. The topological polar surface area (TPSA) is 106 Å². The number of H-pyrrole nitrogens is 1. The molecule has 3 aromatic rings. The van der Waals surface area contributed by atoms with Gasteiger partial charge in [0, 0.05) is 6.07 Å². The Bertz CT molecular complexity index is 894. The van der Waals surface area contributed by atoms with E-state index in [0.717, 1.165) is 11.0 Å². The zero-order valence-corrected chi connectivity index (χ0v) is 13.4. The lowest BCUT2D eigenvalue weighted by Gasteiger charge is -2.22. The molecule has 1 aromatic carbocycles. The maximum atomic E-state index is 12.3. The van der Waals surface area contributed by atoms with Crippen LogP contribution in [0.1, 0.15) is 24.3 Å². The molecule has 0 radical (unpaired) electrons. The molecule has 124 valence electrons. The van der Waals surface area contributed by atoms with E-state index < -0.39 is 0 Å². The number of para-hydroxylation sites is 1. The van der Waals surface area contributed by atoms with Crippen LogP contribution < -0.4 is 10.9 Å². The van der Waals surface area contributed by atoms with Gasteiger partial charge in [0.2, 0.25) is 0 Å². The van der Waals surface area contributed by atoms with E-state index in [9.17, 15) is 9.59 Å². The number of nitrogens with one attached hydrogen (secondary N) is 2. The molecule has 2 N–H and O–H groups in total. The van der Waals surface area contributed by atoms with Crippen molar-refractivity contribution in [2.45, 2.75) is 26.4 Å². The van der Waals surface area contributed by atoms with Crippen LogP contribution in [0.25, 0.3) is 11.0 Å². The summed E-state index contributed by atoms with van der Waals surface area (Å²) >= 11 is 0. The summed E-state index contributed by atoms with van der Waals surface area (Å²) in [5, 5.41) is 17.2. The van der Waals surface area contributed by atoms with Crippen molar-refractivity contribution in [3.05, 3.63) is 52.4 Å². The molecule has 3 rings (SSSR count). The Morgan fingerprint density at radius 2 is 2.04 bits per heavy atom. The zero-order valence-electron chi connectivity index (χ0n) is 13.4. The highest BCUT2D eigenvalue weighted by atomic mass is 16.2. The normalized spacial score (nSPS) is 12.5. The average Bonchev–Trinajstić information content (AvgIpc) is 2.98. The van der Waals surface area contributed by atoms with Gasteiger partial charge in [-0.05, 0) is 24.1 Å². The molecule has 0 saturated heterocycles. The van der Waals surface area contributed by atoms with Gasteiger partial charge in [0.25, 0.3) is 11.5 Å². The van der Waals surface area contributed by atoms with Crippen molar-refractivity contribution < 1.29 is 4.79 Å². The molecule has 0 fully saturated rings. The van der Waals surface area contributed by atoms with Gasteiger partial charge in [0.05, 0.1) is 18.1 Å². The van der Waals surface area contributed by atoms with Crippen LogP contribution in [-0.2, 0) is 6.54 Å². The van der Waals surface area contributed by atoms with Crippen LogP contribution in [0.15, 0.2) is 41.2 Å². The number of carbonyl (C=O) groups excluding carboxylic acids is 1. The van der Waals surface area contributed by atoms with Crippen molar-refractivity contribution in [2.75, 3.05) is 0 Å². The number of fused-ring (bicyclic) bond motifs is 1. The molecule has 2 heterocycles. The number of carbonyl (C=O) groups is 1. The van der Waals surface area contributed by atoms with E-state index in [0.29, 0.717) is 6.54 Å². The van der Waals surface area contributed by atoms with E-state index in [1.165, 1.54) is 12.1 Å². The first-order valence-corrected chi connectivity index (χ1v) is 7.69. The second-order valence-corrected chi connectivity index (χ2v) is 5.89. The lowest BCUT2D eigenvalue weighted by molar-refractivity contribution is 0.0913. The van der Waals surface area contributed by atoms with Gasteiger partial charge in [-0.2, -0.15) is 5.10 Å². The number of aromatic nitrogens is 5. The molecule has 0 bridgehead atoms. The molecule has 1 atom stereocenters. The Kier molecular flexibility index (Phi) is 4.37. The number of amides is 1. The lowest BCUT2D eigenvalue weighted by Crippen LogP contribution is -2.42. The fourth-order valence-electron chi connectivity index (χ4n) is 2.37. The van der Waals surface area contributed by atoms with E-state index >= 15 is 0 Å². The molecule has 0 aliphatic rings. The largest absolute Gasteiger partial charge is 0.346 e. The van der Waals surface area contributed by atoms with Gasteiger partial charge >= 0.3 is 0 Å². The molecule has 8 nitrogen and oxygen atoms in total. The Balaban J connectivity index is 1.78. The van der Waals surface area contributed by atoms with Crippen molar-refractivity contribution in [3.8, 4) is 0 Å². The molecule has 2 aromatic heterocycles. The number of hydrogen-bond acceptors (Lipinski definition) is 5. The average molecular weight is 326 g/mol. The highest BCUT2D eigenvalue weighted by molar-refractivity contribution is 5.92. The Morgan fingerprint density at radius 3 is 2.75 bits per heavy atom. The van der Waals surface area contributed by atoms with Gasteiger partial charge in [-0.25, -0.2) is 9.78 Å². The zero-order chi connectivity index (χ0) is 17.1. The summed E-state index contributed by atoms with van der Waals surface area (Å²) in [5.74, 6) is -0.158. The van der Waals surface area contributed by atoms with Gasteiger partial charge in [-0.3, -0.25) is 9.59 Å². The SMILES string of the molecule is CC(C)[C@H](Cn1nnc2ccccc21)NC(=O)c1ccc(=O)[nH]n1. The molecule has 0 aliphatic carbocycles. The van der Waals surface area contributed by atoms with Gasteiger partial charge in [-0.1, -0.05) is 31.2 Å². The minimum atomic E-state index is -0.346. The maximum Gasteiger partial charge on any atom is 0.272 e. The van der Waals surface area contributed by atoms with Crippen molar-refractivity contribution >= 4 is 16.9 Å². The fraction of sp³-hybridized carbons (Fsp3) is 0.312. The lowest BCUT2D eigenvalue weighted by atomic mass is 10.0. The van der Waals surface area contributed by atoms with E-state index in [-0.39, 0.29) is 29.1 Å². The molecule has 8 heteroatoms. The van der Waals surface area contributed by atoms with Gasteiger partial charge < -0.3 is 5.32 Å². The highest BCUT2D eigenvalue weighted by Crippen LogP contribution is 2.13. The molecule has 0 unspecified atom stereocenters. The van der Waals surface area contributed by atoms with Crippen LogP contribution in [0.3, 0.4) is 0 Å². The summed E-state index contributed by atoms with van der Waals surface area (Å²) < 4.78 is 1.78. The Labute approximate surface area is 137 Å². The second kappa shape index (κ2) is 6.61. The van der Waals surface area contributed by atoms with Crippen LogP contribution in [-0.4, -0.2) is 37.1 Å². The Hall–Kier alpha value is -3.03. The fourth-order valence-corrected chi connectivity index (χ4v) is 2.37. The van der Waals surface area contributed by atoms with E-state index in [1.807, 2.05) is 38.1 Å². The summed E-state index contributed by atoms with van der Waals surface area (Å²) in [5.41, 5.74) is 1.55. The number of nitrogens with zero attached hydrogens (tertiary/aromatic N) is 4. The van der Waals surface area contributed by atoms with Crippen LogP contribution in [0.5, 0.6) is 0 Å². The van der Waals surface area contributed by atoms with Crippen molar-refractivity contribution in [1.82, 2.24) is 30.5 Å². The van der Waals surface area contributed by atoms with E-state index in [4.69, 9.17) is 0 Å². The summed E-state index contributed by atoms with van der Waals surface area (Å²) in [6.07, 6.45) is 0. The molecule has 0 saturated carbocycles. The standard InChI is InChI=1S/C16H18N6O2/c1-10(2)13(17-16(24)12-7-8-15(23)20-18-12)9-22-14-6-4-3-5-11(14)19-21-22/h3-8,10,13H,9H2,1-2H3,(H,17,24)(H,20,23)/t13-/m0/s1. The highest BCUT2D eigenvalue weighted by Gasteiger charge is 2.20. The van der Waals surface area contributed by atoms with Gasteiger partial charge in [0.1, 0.15) is 11.2 Å². The maximum absolute atomic E-state index is 12.3. The van der Waals surface area contributed by atoms with Crippen LogP contribution >= 0.6 is 0 Å². The second-order valence-electron chi connectivity index (χ2n) is 5.89. The van der Waals surface area contributed by atoms with Crippen molar-refractivity contribution in [3.63, 3.8) is 0 Å². The number of benzene rings is 1. The molecular formula is C16H18N6O2. The minimum absolute atomic E-state index is 0.156. The summed E-state index contributed by atoms with van der Waals surface area (Å²) in [4.78, 5) is 23.4. The van der Waals surface area contributed by atoms with Crippen LogP contribution in [0, 0.1) is 5.92 Å². The third-order valence-electron chi connectivity index (χ3n) is 3.82. The van der Waals surface area contributed by atoms with Gasteiger partial charge in [0.15, 0.2) is 0 Å². The minimum Gasteiger partial charge on any atom is -0.346 e. The quantitative estimate of drug-likeness (QED) is 0.727. The monoisotopic (exact) mass is 326 g/mol. The molecule has 1 amide bonds. The first-order chi connectivity index (χ1) is 11.5. The van der Waals surface area contributed by atoms with Crippen LogP contribution in [0.2, 0.25) is 0 Å².